The first-order valence-corrected chi connectivity index (χ1v) is 16.6. The molecule has 0 atom stereocenters. The van der Waals surface area contributed by atoms with Gasteiger partial charge >= 0.3 is 25.7 Å². The molecule has 0 N–H and O–H groups in total. The van der Waals surface area contributed by atoms with Gasteiger partial charge in [0.2, 0.25) is 0 Å². The van der Waals surface area contributed by atoms with Crippen LogP contribution in [0.25, 0.3) is 0 Å². The normalized spacial score (nSPS) is 26.2. The molecule has 0 bridgehead atoms. The van der Waals surface area contributed by atoms with Crippen molar-refractivity contribution < 1.29 is 12.3 Å². The van der Waals surface area contributed by atoms with Gasteiger partial charge in [0.1, 0.15) is 2.14 Å². The molecule has 0 aromatic carbocycles. The first-order chi connectivity index (χ1) is 8.08. The Morgan fingerprint density at radius 3 is 1.47 bits per heavy atom. The number of alkyl halides is 3. The molecule has 1 aliphatic rings. The minimum atomic E-state index is -2.34. The largest absolute Gasteiger partial charge is 0.416 e. The van der Waals surface area contributed by atoms with Crippen molar-refractivity contribution in [2.24, 2.45) is 0 Å². The Kier molecular flexibility index (Phi) is 5.56. The summed E-state index contributed by atoms with van der Waals surface area (Å²) in [6, 6.07) is 0. The predicted molar refractivity (Wildman–Crippen MR) is 98.0 cm³/mol. The van der Waals surface area contributed by atoms with Gasteiger partial charge in [0, 0.05) is 5.04 Å². The number of hydrogen-bond acceptors (Lipinski definition) is 3. The van der Waals surface area contributed by atoms with Crippen LogP contribution in [0.15, 0.2) is 0 Å². The van der Waals surface area contributed by atoms with E-state index in [2.05, 4.69) is 94.4 Å². The molecule has 1 aliphatic heterocycles. The first-order valence-electron chi connectivity index (χ1n) is 6.25. The molecule has 0 aromatic heterocycles. The summed E-state index contributed by atoms with van der Waals surface area (Å²) in [6.45, 7) is 15.1. The SMILES string of the molecule is CC(C)(CC(Br)(Br)Br)[Si]1(C)O[Si](C)(C)O[Si](C)(C)O1. The average molecular weight is 515 g/mol. The number of hydrogen-bond donors (Lipinski definition) is 0. The van der Waals surface area contributed by atoms with E-state index in [1.54, 1.807) is 0 Å². The molecule has 1 fully saturated rings. The van der Waals surface area contributed by atoms with E-state index >= 15 is 0 Å². The third-order valence-corrected chi connectivity index (χ3v) is 17.7. The summed E-state index contributed by atoms with van der Waals surface area (Å²) in [5.74, 6) is 0. The lowest BCUT2D eigenvalue weighted by molar-refractivity contribution is 0.208. The minimum absolute atomic E-state index is 0.0538. The first kappa shape index (κ1) is 19.0. The standard InChI is InChI=1S/C10H23Br3O3Si3/c1-9(2,8-10(11,12)13)19(7)15-17(3,4)14-18(5,6)16-19/h8H2,1-7H3. The van der Waals surface area contributed by atoms with E-state index in [4.69, 9.17) is 12.3 Å². The third kappa shape index (κ3) is 5.27. The van der Waals surface area contributed by atoms with Crippen molar-refractivity contribution in [3.63, 3.8) is 0 Å². The van der Waals surface area contributed by atoms with Crippen molar-refractivity contribution >= 4 is 73.5 Å². The molecular weight excluding hydrogens is 492 g/mol. The molecule has 114 valence electrons. The second-order valence-corrected chi connectivity index (χ2v) is 25.3. The highest BCUT2D eigenvalue weighted by molar-refractivity contribution is 9.39. The van der Waals surface area contributed by atoms with Gasteiger partial charge in [0.15, 0.2) is 0 Å². The summed E-state index contributed by atoms with van der Waals surface area (Å²) in [7, 11) is -6.52. The average Bonchev–Trinajstić information content (AvgIpc) is 1.89. The van der Waals surface area contributed by atoms with Crippen LogP contribution >= 0.6 is 47.8 Å². The van der Waals surface area contributed by atoms with Crippen LogP contribution in [0.5, 0.6) is 0 Å². The molecule has 0 radical (unpaired) electrons. The Hall–Kier alpha value is 1.97. The van der Waals surface area contributed by atoms with Crippen molar-refractivity contribution in [1.29, 1.82) is 0 Å². The van der Waals surface area contributed by atoms with E-state index in [0.717, 1.165) is 6.42 Å². The molecule has 0 amide bonds. The summed E-state index contributed by atoms with van der Waals surface area (Å²) in [5.41, 5.74) is 0. The van der Waals surface area contributed by atoms with E-state index in [-0.39, 0.29) is 7.18 Å². The molecule has 0 unspecified atom stereocenters. The zero-order chi connectivity index (χ0) is 15.3. The Morgan fingerprint density at radius 2 is 1.16 bits per heavy atom. The summed E-state index contributed by atoms with van der Waals surface area (Å²) in [5, 5.41) is -0.0538. The smallest absolute Gasteiger partial charge is 0.323 e. The second kappa shape index (κ2) is 5.55. The molecule has 9 heteroatoms. The lowest BCUT2D eigenvalue weighted by Crippen LogP contribution is -2.68. The van der Waals surface area contributed by atoms with Crippen LogP contribution in [-0.2, 0) is 12.3 Å². The predicted octanol–water partition coefficient (Wildman–Crippen LogP) is 5.53. The van der Waals surface area contributed by atoms with Gasteiger partial charge in [0.05, 0.1) is 0 Å². The van der Waals surface area contributed by atoms with E-state index in [1.165, 1.54) is 0 Å². The van der Waals surface area contributed by atoms with E-state index in [0.29, 0.717) is 0 Å². The monoisotopic (exact) mass is 512 g/mol. The van der Waals surface area contributed by atoms with Gasteiger partial charge in [-0.1, -0.05) is 61.6 Å². The highest BCUT2D eigenvalue weighted by atomic mass is 80.0. The van der Waals surface area contributed by atoms with Crippen LogP contribution in [0.3, 0.4) is 0 Å². The maximum absolute atomic E-state index is 6.41. The van der Waals surface area contributed by atoms with Crippen LogP contribution in [-0.4, -0.2) is 27.8 Å². The molecule has 19 heavy (non-hydrogen) atoms. The fraction of sp³-hybridized carbons (Fsp3) is 1.00. The van der Waals surface area contributed by atoms with Crippen molar-refractivity contribution in [2.75, 3.05) is 0 Å². The molecule has 3 nitrogen and oxygen atoms in total. The zero-order valence-corrected chi connectivity index (χ0v) is 20.3. The summed E-state index contributed by atoms with van der Waals surface area (Å²) in [4.78, 5) is 0. The molecule has 0 aromatic rings. The van der Waals surface area contributed by atoms with Gasteiger partial charge in [-0.05, 0) is 39.2 Å². The second-order valence-electron chi connectivity index (χ2n) is 6.73. The number of rotatable bonds is 2. The Bertz CT molecular complexity index is 340. The lowest BCUT2D eigenvalue weighted by Gasteiger charge is -2.54. The van der Waals surface area contributed by atoms with Gasteiger partial charge in [-0.3, -0.25) is 0 Å². The van der Waals surface area contributed by atoms with E-state index < -0.39 is 25.7 Å². The molecular formula is C10H23Br3O3Si3. The Labute approximate surface area is 145 Å². The van der Waals surface area contributed by atoms with Gasteiger partial charge in [-0.2, -0.15) is 0 Å². The maximum atomic E-state index is 6.41. The van der Waals surface area contributed by atoms with Crippen molar-refractivity contribution in [2.45, 2.75) is 60.2 Å². The van der Waals surface area contributed by atoms with Gasteiger partial charge < -0.3 is 12.3 Å². The highest BCUT2D eigenvalue weighted by Gasteiger charge is 2.60. The lowest BCUT2D eigenvalue weighted by atomic mass is 10.1. The van der Waals surface area contributed by atoms with Crippen LogP contribution in [0, 0.1) is 0 Å². The van der Waals surface area contributed by atoms with Crippen LogP contribution in [0.4, 0.5) is 0 Å². The molecule has 1 rings (SSSR count). The Morgan fingerprint density at radius 1 is 0.789 bits per heavy atom. The zero-order valence-electron chi connectivity index (χ0n) is 12.6. The fourth-order valence-corrected chi connectivity index (χ4v) is 22.1. The summed E-state index contributed by atoms with van der Waals surface area (Å²) >= 11 is 10.8. The van der Waals surface area contributed by atoms with Gasteiger partial charge in [-0.15, -0.1) is 0 Å². The Balaban J connectivity index is 3.08. The highest BCUT2D eigenvalue weighted by Crippen LogP contribution is 2.54. The fourth-order valence-electron chi connectivity index (χ4n) is 2.53. The van der Waals surface area contributed by atoms with Gasteiger partial charge in [-0.25, -0.2) is 0 Å². The molecule has 0 saturated carbocycles. The van der Waals surface area contributed by atoms with Crippen molar-refractivity contribution in [3.05, 3.63) is 0 Å². The van der Waals surface area contributed by atoms with Crippen LogP contribution in [0.1, 0.15) is 20.3 Å². The van der Waals surface area contributed by atoms with E-state index in [1.807, 2.05) is 0 Å². The molecule has 0 aliphatic carbocycles. The topological polar surface area (TPSA) is 27.7 Å². The molecule has 0 spiro atoms. The molecule has 1 saturated heterocycles. The minimum Gasteiger partial charge on any atom is -0.416 e. The van der Waals surface area contributed by atoms with Gasteiger partial charge in [0.25, 0.3) is 0 Å². The third-order valence-electron chi connectivity index (χ3n) is 3.24. The van der Waals surface area contributed by atoms with Crippen molar-refractivity contribution in [1.82, 2.24) is 0 Å². The quantitative estimate of drug-likeness (QED) is 0.358. The van der Waals surface area contributed by atoms with Crippen molar-refractivity contribution in [3.8, 4) is 0 Å². The maximum Gasteiger partial charge on any atom is 0.323 e. The van der Waals surface area contributed by atoms with Crippen LogP contribution in [0.2, 0.25) is 37.8 Å². The molecule has 1 heterocycles. The van der Waals surface area contributed by atoms with E-state index in [9.17, 15) is 0 Å². The van der Waals surface area contributed by atoms with Crippen LogP contribution < -0.4 is 0 Å². The summed E-state index contributed by atoms with van der Waals surface area (Å²) in [6.07, 6.45) is 0.859. The summed E-state index contributed by atoms with van der Waals surface area (Å²) < 4.78 is 18.7. The number of halogens is 3.